The number of rotatable bonds is 9. The van der Waals surface area contributed by atoms with Crippen LogP contribution in [0.4, 0.5) is 5.69 Å². The summed E-state index contributed by atoms with van der Waals surface area (Å²) in [7, 11) is -3.58. The molecule has 0 saturated carbocycles. The molecule has 0 atom stereocenters. The van der Waals surface area contributed by atoms with Gasteiger partial charge in [0.05, 0.1) is 4.90 Å². The highest BCUT2D eigenvalue weighted by Gasteiger charge is 2.15. The molecule has 0 spiro atoms. The zero-order valence-corrected chi connectivity index (χ0v) is 16.8. The van der Waals surface area contributed by atoms with Crippen molar-refractivity contribution in [3.05, 3.63) is 59.7 Å². The lowest BCUT2D eigenvalue weighted by Gasteiger charge is -2.23. The lowest BCUT2D eigenvalue weighted by Crippen LogP contribution is -2.35. The highest BCUT2D eigenvalue weighted by molar-refractivity contribution is 7.89. The van der Waals surface area contributed by atoms with Gasteiger partial charge in [-0.2, -0.15) is 0 Å². The summed E-state index contributed by atoms with van der Waals surface area (Å²) in [5.74, 6) is -0.288. The van der Waals surface area contributed by atoms with E-state index in [2.05, 4.69) is 27.9 Å². The topological polar surface area (TPSA) is 78.5 Å². The van der Waals surface area contributed by atoms with Gasteiger partial charge in [0.2, 0.25) is 10.0 Å². The minimum atomic E-state index is -3.58. The van der Waals surface area contributed by atoms with Crippen molar-refractivity contribution >= 4 is 21.6 Å². The fourth-order valence-electron chi connectivity index (χ4n) is 2.78. The van der Waals surface area contributed by atoms with E-state index in [0.717, 1.165) is 12.2 Å². The van der Waals surface area contributed by atoms with E-state index in [-0.39, 0.29) is 10.8 Å². The molecule has 0 unspecified atom stereocenters. The Morgan fingerprint density at radius 2 is 1.81 bits per heavy atom. The number of benzene rings is 2. The minimum absolute atomic E-state index is 0.0898. The molecule has 7 heteroatoms. The Hall–Kier alpha value is -2.38. The standard InChI is InChI=1S/C20H27N3O3S/c1-4-22-27(25,26)19-11-7-9-17(15-19)20(24)21-12-13-23(5-2)18-10-6-8-16(3)14-18/h6-11,14-15,22H,4-5,12-13H2,1-3H3,(H,21,24). The summed E-state index contributed by atoms with van der Waals surface area (Å²) in [6.45, 7) is 8.08. The van der Waals surface area contributed by atoms with Gasteiger partial charge in [-0.25, -0.2) is 13.1 Å². The van der Waals surface area contributed by atoms with Gasteiger partial charge in [-0.1, -0.05) is 25.1 Å². The van der Waals surface area contributed by atoms with Crippen LogP contribution in [-0.4, -0.2) is 40.5 Å². The zero-order valence-electron chi connectivity index (χ0n) is 16.0. The predicted octanol–water partition coefficient (Wildman–Crippen LogP) is 2.55. The maximum Gasteiger partial charge on any atom is 0.251 e. The predicted molar refractivity (Wildman–Crippen MR) is 109 cm³/mol. The highest BCUT2D eigenvalue weighted by atomic mass is 32.2. The number of nitrogens with zero attached hydrogens (tertiary/aromatic N) is 1. The summed E-state index contributed by atoms with van der Waals surface area (Å²) in [6.07, 6.45) is 0. The first-order valence-corrected chi connectivity index (χ1v) is 10.5. The lowest BCUT2D eigenvalue weighted by atomic mass is 10.2. The van der Waals surface area contributed by atoms with Gasteiger partial charge in [0.25, 0.3) is 5.91 Å². The quantitative estimate of drug-likeness (QED) is 0.691. The molecule has 146 valence electrons. The molecule has 2 N–H and O–H groups in total. The maximum atomic E-state index is 12.4. The van der Waals surface area contributed by atoms with Crippen LogP contribution in [0.15, 0.2) is 53.4 Å². The molecule has 1 amide bonds. The van der Waals surface area contributed by atoms with Crippen molar-refractivity contribution in [2.24, 2.45) is 0 Å². The third-order valence-electron chi connectivity index (χ3n) is 4.16. The van der Waals surface area contributed by atoms with E-state index in [9.17, 15) is 13.2 Å². The second-order valence-electron chi connectivity index (χ2n) is 6.20. The summed E-state index contributed by atoms with van der Waals surface area (Å²) >= 11 is 0. The summed E-state index contributed by atoms with van der Waals surface area (Å²) in [5, 5.41) is 2.86. The summed E-state index contributed by atoms with van der Waals surface area (Å²) in [5.41, 5.74) is 2.63. The first kappa shape index (κ1) is 20.9. The van der Waals surface area contributed by atoms with Gasteiger partial charge in [-0.15, -0.1) is 0 Å². The molecule has 0 aliphatic carbocycles. The van der Waals surface area contributed by atoms with Gasteiger partial charge < -0.3 is 10.2 Å². The van der Waals surface area contributed by atoms with Gasteiger partial charge in [0.1, 0.15) is 0 Å². The first-order valence-electron chi connectivity index (χ1n) is 9.07. The lowest BCUT2D eigenvalue weighted by molar-refractivity contribution is 0.0954. The van der Waals surface area contributed by atoms with Crippen molar-refractivity contribution in [1.29, 1.82) is 0 Å². The zero-order chi connectivity index (χ0) is 19.9. The minimum Gasteiger partial charge on any atom is -0.370 e. The maximum absolute atomic E-state index is 12.4. The molecule has 6 nitrogen and oxygen atoms in total. The monoisotopic (exact) mass is 389 g/mol. The Kier molecular flexibility index (Phi) is 7.38. The van der Waals surface area contributed by atoms with E-state index >= 15 is 0 Å². The Morgan fingerprint density at radius 3 is 2.48 bits per heavy atom. The van der Waals surface area contributed by atoms with Crippen molar-refractivity contribution in [1.82, 2.24) is 10.0 Å². The SMILES string of the molecule is CCNS(=O)(=O)c1cccc(C(=O)NCCN(CC)c2cccc(C)c2)c1. The van der Waals surface area contributed by atoms with Crippen molar-refractivity contribution in [2.75, 3.05) is 31.1 Å². The third kappa shape index (κ3) is 5.80. The van der Waals surface area contributed by atoms with Crippen LogP contribution < -0.4 is 14.9 Å². The van der Waals surface area contributed by atoms with Crippen LogP contribution in [0.5, 0.6) is 0 Å². The fraction of sp³-hybridized carbons (Fsp3) is 0.350. The van der Waals surface area contributed by atoms with E-state index in [1.54, 1.807) is 19.1 Å². The van der Waals surface area contributed by atoms with Crippen molar-refractivity contribution in [3.8, 4) is 0 Å². The molecule has 2 aromatic carbocycles. The number of nitrogens with one attached hydrogen (secondary N) is 2. The highest BCUT2D eigenvalue weighted by Crippen LogP contribution is 2.15. The molecular weight excluding hydrogens is 362 g/mol. The number of likely N-dealkylation sites (N-methyl/N-ethyl adjacent to an activating group) is 1. The Morgan fingerprint density at radius 1 is 1.07 bits per heavy atom. The second-order valence-corrected chi connectivity index (χ2v) is 7.97. The number of hydrogen-bond donors (Lipinski definition) is 2. The van der Waals surface area contributed by atoms with Crippen molar-refractivity contribution in [2.45, 2.75) is 25.7 Å². The normalized spacial score (nSPS) is 11.2. The Labute approximate surface area is 161 Å². The number of hydrogen-bond acceptors (Lipinski definition) is 4. The molecule has 0 saturated heterocycles. The molecule has 0 radical (unpaired) electrons. The van der Waals surface area contributed by atoms with Crippen LogP contribution in [0.3, 0.4) is 0 Å². The molecule has 0 aliphatic rings. The Balaban J connectivity index is 1.99. The Bertz CT molecular complexity index is 882. The molecular formula is C20H27N3O3S. The third-order valence-corrected chi connectivity index (χ3v) is 5.70. The van der Waals surface area contributed by atoms with E-state index in [1.165, 1.54) is 17.7 Å². The van der Waals surface area contributed by atoms with Crippen molar-refractivity contribution in [3.63, 3.8) is 0 Å². The summed E-state index contributed by atoms with van der Waals surface area (Å²) < 4.78 is 26.6. The molecule has 2 aromatic rings. The molecule has 2 rings (SSSR count). The number of anilines is 1. The van der Waals surface area contributed by atoms with Crippen LogP contribution in [0.2, 0.25) is 0 Å². The first-order chi connectivity index (χ1) is 12.9. The van der Waals surface area contributed by atoms with Gasteiger partial charge in [-0.05, 0) is 49.7 Å². The molecule has 0 aromatic heterocycles. The average Bonchev–Trinajstić information content (AvgIpc) is 2.65. The largest absolute Gasteiger partial charge is 0.370 e. The van der Waals surface area contributed by atoms with Gasteiger partial charge in [0, 0.05) is 37.4 Å². The van der Waals surface area contributed by atoms with Crippen LogP contribution in [-0.2, 0) is 10.0 Å². The van der Waals surface area contributed by atoms with Gasteiger partial charge in [0.15, 0.2) is 0 Å². The smallest absolute Gasteiger partial charge is 0.251 e. The number of aryl methyl sites for hydroxylation is 1. The van der Waals surface area contributed by atoms with Gasteiger partial charge in [-0.3, -0.25) is 4.79 Å². The average molecular weight is 390 g/mol. The molecule has 0 bridgehead atoms. The number of amides is 1. The molecule has 0 heterocycles. The van der Waals surface area contributed by atoms with Crippen LogP contribution in [0.25, 0.3) is 0 Å². The van der Waals surface area contributed by atoms with Crippen molar-refractivity contribution < 1.29 is 13.2 Å². The van der Waals surface area contributed by atoms with Crippen LogP contribution in [0.1, 0.15) is 29.8 Å². The molecule has 0 fully saturated rings. The van der Waals surface area contributed by atoms with Crippen LogP contribution >= 0.6 is 0 Å². The second kappa shape index (κ2) is 9.53. The van der Waals surface area contributed by atoms with E-state index in [1.807, 2.05) is 25.1 Å². The summed E-state index contributed by atoms with van der Waals surface area (Å²) in [4.78, 5) is 14.7. The van der Waals surface area contributed by atoms with E-state index < -0.39 is 10.0 Å². The van der Waals surface area contributed by atoms with Crippen LogP contribution in [0, 0.1) is 6.92 Å². The number of carbonyl (C=O) groups excluding carboxylic acids is 1. The van der Waals surface area contributed by atoms with E-state index in [0.29, 0.717) is 25.2 Å². The number of carbonyl (C=O) groups is 1. The van der Waals surface area contributed by atoms with E-state index in [4.69, 9.17) is 0 Å². The summed E-state index contributed by atoms with van der Waals surface area (Å²) in [6, 6.07) is 14.3. The fourth-order valence-corrected chi connectivity index (χ4v) is 3.87. The number of sulfonamides is 1. The molecule has 27 heavy (non-hydrogen) atoms. The van der Waals surface area contributed by atoms with Gasteiger partial charge >= 0.3 is 0 Å². The molecule has 0 aliphatic heterocycles.